The second-order valence-electron chi connectivity index (χ2n) is 4.56. The third kappa shape index (κ3) is 3.56. The number of benzene rings is 2. The molecule has 0 amide bonds. The maximum absolute atomic E-state index is 11.1. The minimum Gasteiger partial charge on any atom is -0.450 e. The molecule has 0 bridgehead atoms. The average Bonchev–Trinajstić information content (AvgIpc) is 2.48. The molecule has 0 heterocycles. The van der Waals surface area contributed by atoms with Gasteiger partial charge in [0.2, 0.25) is 5.75 Å². The van der Waals surface area contributed by atoms with Crippen LogP contribution in [0.2, 0.25) is 0 Å². The zero-order valence-electron chi connectivity index (χ0n) is 11.4. The van der Waals surface area contributed by atoms with Gasteiger partial charge in [0.1, 0.15) is 5.75 Å². The first kappa shape index (κ1) is 15.0. The molecule has 21 heavy (non-hydrogen) atoms. The first-order valence-electron chi connectivity index (χ1n) is 6.35. The molecule has 0 unspecified atom stereocenters. The van der Waals surface area contributed by atoms with Crippen molar-refractivity contribution in [2.24, 2.45) is 0 Å². The molecule has 6 heteroatoms. The monoisotopic (exact) mass is 289 g/mol. The molecule has 0 aliphatic carbocycles. The molecular weight excluding hydrogens is 274 g/mol. The maximum Gasteiger partial charge on any atom is 0.311 e. The molecule has 2 N–H and O–H groups in total. The Hall–Kier alpha value is -2.44. The molecule has 2 rings (SSSR count). The van der Waals surface area contributed by atoms with Gasteiger partial charge >= 0.3 is 5.69 Å². The molecule has 1 atom stereocenters. The van der Waals surface area contributed by atoms with E-state index in [0.29, 0.717) is 11.3 Å². The molecule has 110 valence electrons. The van der Waals surface area contributed by atoms with Crippen LogP contribution in [0.25, 0.3) is 0 Å². The Labute approximate surface area is 121 Å². The summed E-state index contributed by atoms with van der Waals surface area (Å²) in [5.41, 5.74) is 0.964. The summed E-state index contributed by atoms with van der Waals surface area (Å²) in [6.45, 7) is 1.46. The smallest absolute Gasteiger partial charge is 0.311 e. The number of rotatable bonds is 5. The van der Waals surface area contributed by atoms with Gasteiger partial charge < -0.3 is 14.9 Å². The van der Waals surface area contributed by atoms with E-state index in [1.54, 1.807) is 30.3 Å². The zero-order chi connectivity index (χ0) is 15.4. The first-order valence-corrected chi connectivity index (χ1v) is 6.35. The van der Waals surface area contributed by atoms with E-state index >= 15 is 0 Å². The fraction of sp³-hybridized carbons (Fsp3) is 0.200. The molecule has 0 spiro atoms. The van der Waals surface area contributed by atoms with Gasteiger partial charge in [-0.25, -0.2) is 0 Å². The Morgan fingerprint density at radius 2 is 1.90 bits per heavy atom. The molecule has 0 fully saturated rings. The third-order valence-corrected chi connectivity index (χ3v) is 3.00. The number of hydrogen-bond donors (Lipinski definition) is 2. The van der Waals surface area contributed by atoms with E-state index in [4.69, 9.17) is 9.84 Å². The Balaban J connectivity index is 2.31. The van der Waals surface area contributed by atoms with Gasteiger partial charge in [0.05, 0.1) is 17.6 Å². The standard InChI is InChI=1S/C15H15NO5/c1-10(18)12-4-7-15(14(8-12)16(19)20)21-13-5-2-11(9-17)3-6-13/h2-8,10,17-18H,9H2,1H3/t10-/m1/s1. The second-order valence-corrected chi connectivity index (χ2v) is 4.56. The molecule has 6 nitrogen and oxygen atoms in total. The van der Waals surface area contributed by atoms with Crippen molar-refractivity contribution in [1.29, 1.82) is 0 Å². The number of aliphatic hydroxyl groups is 2. The maximum atomic E-state index is 11.1. The number of nitrogens with zero attached hydrogens (tertiary/aromatic N) is 1. The molecule has 0 aliphatic heterocycles. The molecule has 2 aromatic rings. The van der Waals surface area contributed by atoms with Crippen LogP contribution in [0, 0.1) is 10.1 Å². The van der Waals surface area contributed by atoms with Crippen molar-refractivity contribution in [3.05, 3.63) is 63.7 Å². The minimum absolute atomic E-state index is 0.0798. The van der Waals surface area contributed by atoms with Crippen LogP contribution in [-0.4, -0.2) is 15.1 Å². The topological polar surface area (TPSA) is 92.8 Å². The summed E-state index contributed by atoms with van der Waals surface area (Å²) in [5.74, 6) is 0.529. The van der Waals surface area contributed by atoms with Crippen LogP contribution in [0.15, 0.2) is 42.5 Å². The van der Waals surface area contributed by atoms with Crippen LogP contribution in [0.3, 0.4) is 0 Å². The molecule has 0 aliphatic rings. The number of nitro groups is 1. The van der Waals surface area contributed by atoms with Crippen molar-refractivity contribution in [2.75, 3.05) is 0 Å². The predicted octanol–water partition coefficient (Wildman–Crippen LogP) is 2.93. The first-order chi connectivity index (χ1) is 10.0. The number of aliphatic hydroxyl groups excluding tert-OH is 2. The quantitative estimate of drug-likeness (QED) is 0.652. The van der Waals surface area contributed by atoms with Crippen LogP contribution < -0.4 is 4.74 Å². The lowest BCUT2D eigenvalue weighted by Gasteiger charge is -2.09. The van der Waals surface area contributed by atoms with Crippen molar-refractivity contribution in [2.45, 2.75) is 19.6 Å². The summed E-state index contributed by atoms with van der Waals surface area (Å²) >= 11 is 0. The molecule has 0 saturated heterocycles. The largest absolute Gasteiger partial charge is 0.450 e. The highest BCUT2D eigenvalue weighted by Crippen LogP contribution is 2.33. The highest BCUT2D eigenvalue weighted by atomic mass is 16.6. The lowest BCUT2D eigenvalue weighted by Crippen LogP contribution is -1.97. The van der Waals surface area contributed by atoms with E-state index in [0.717, 1.165) is 5.56 Å². The van der Waals surface area contributed by atoms with E-state index < -0.39 is 11.0 Å². The SMILES string of the molecule is C[C@@H](O)c1ccc(Oc2ccc(CO)cc2)c([N+](=O)[O-])c1. The Morgan fingerprint density at radius 3 is 2.43 bits per heavy atom. The second kappa shape index (κ2) is 6.34. The molecule has 2 aromatic carbocycles. The lowest BCUT2D eigenvalue weighted by molar-refractivity contribution is -0.385. The summed E-state index contributed by atoms with van der Waals surface area (Å²) < 4.78 is 5.50. The zero-order valence-corrected chi connectivity index (χ0v) is 11.4. The van der Waals surface area contributed by atoms with E-state index in [9.17, 15) is 15.2 Å². The van der Waals surface area contributed by atoms with Crippen LogP contribution in [0.5, 0.6) is 11.5 Å². The van der Waals surface area contributed by atoms with Gasteiger partial charge in [0.25, 0.3) is 0 Å². The predicted molar refractivity (Wildman–Crippen MR) is 76.2 cm³/mol. The summed E-state index contributed by atoms with van der Waals surface area (Å²) in [7, 11) is 0. The summed E-state index contributed by atoms with van der Waals surface area (Å²) in [6.07, 6.45) is -0.790. The lowest BCUT2D eigenvalue weighted by atomic mass is 10.1. The van der Waals surface area contributed by atoms with Crippen molar-refractivity contribution >= 4 is 5.69 Å². The van der Waals surface area contributed by atoms with E-state index in [-0.39, 0.29) is 18.0 Å². The van der Waals surface area contributed by atoms with Gasteiger partial charge in [0, 0.05) is 6.07 Å². The van der Waals surface area contributed by atoms with Crippen molar-refractivity contribution in [1.82, 2.24) is 0 Å². The van der Waals surface area contributed by atoms with Crippen molar-refractivity contribution in [3.63, 3.8) is 0 Å². The minimum atomic E-state index is -0.790. The number of nitro benzene ring substituents is 1. The van der Waals surface area contributed by atoms with Gasteiger partial charge in [-0.05, 0) is 36.2 Å². The van der Waals surface area contributed by atoms with Gasteiger partial charge in [-0.2, -0.15) is 0 Å². The molecular formula is C15H15NO5. The van der Waals surface area contributed by atoms with E-state index in [2.05, 4.69) is 0 Å². The third-order valence-electron chi connectivity index (χ3n) is 3.00. The Morgan fingerprint density at radius 1 is 1.24 bits per heavy atom. The van der Waals surface area contributed by atoms with Gasteiger partial charge in [-0.1, -0.05) is 18.2 Å². The molecule has 0 saturated carbocycles. The fourth-order valence-corrected chi connectivity index (χ4v) is 1.81. The van der Waals surface area contributed by atoms with Crippen LogP contribution in [0.4, 0.5) is 5.69 Å². The van der Waals surface area contributed by atoms with E-state index in [1.807, 2.05) is 0 Å². The van der Waals surface area contributed by atoms with Crippen LogP contribution >= 0.6 is 0 Å². The molecule has 0 aromatic heterocycles. The molecule has 0 radical (unpaired) electrons. The summed E-state index contributed by atoms with van der Waals surface area (Å²) in [4.78, 5) is 10.5. The van der Waals surface area contributed by atoms with Gasteiger partial charge in [-0.3, -0.25) is 10.1 Å². The Bertz CT molecular complexity index is 637. The van der Waals surface area contributed by atoms with Crippen LogP contribution in [-0.2, 0) is 6.61 Å². The number of ether oxygens (including phenoxy) is 1. The van der Waals surface area contributed by atoms with Crippen LogP contribution in [0.1, 0.15) is 24.2 Å². The van der Waals surface area contributed by atoms with Gasteiger partial charge in [-0.15, -0.1) is 0 Å². The van der Waals surface area contributed by atoms with Crippen molar-refractivity contribution in [3.8, 4) is 11.5 Å². The highest BCUT2D eigenvalue weighted by Gasteiger charge is 2.18. The normalized spacial score (nSPS) is 12.0. The summed E-state index contributed by atoms with van der Waals surface area (Å²) in [6, 6.07) is 10.9. The fourth-order valence-electron chi connectivity index (χ4n) is 1.81. The Kier molecular flexibility index (Phi) is 4.52. The van der Waals surface area contributed by atoms with Gasteiger partial charge in [0.15, 0.2) is 0 Å². The van der Waals surface area contributed by atoms with Crippen molar-refractivity contribution < 1.29 is 19.9 Å². The summed E-state index contributed by atoms with van der Waals surface area (Å²) in [5, 5.41) is 29.5. The van der Waals surface area contributed by atoms with E-state index in [1.165, 1.54) is 19.1 Å². The highest BCUT2D eigenvalue weighted by molar-refractivity contribution is 5.51. The number of hydrogen-bond acceptors (Lipinski definition) is 5. The average molecular weight is 289 g/mol.